The van der Waals surface area contributed by atoms with Crippen LogP contribution in [0.3, 0.4) is 0 Å². The summed E-state index contributed by atoms with van der Waals surface area (Å²) in [4.78, 5) is 0. The van der Waals surface area contributed by atoms with Gasteiger partial charge in [-0.2, -0.15) is 0 Å². The average molecular weight is 174 g/mol. The third kappa shape index (κ3) is 2.00. The van der Waals surface area contributed by atoms with Gasteiger partial charge in [-0.25, -0.2) is 0 Å². The van der Waals surface area contributed by atoms with Crippen LogP contribution in [0.4, 0.5) is 0 Å². The predicted molar refractivity (Wildman–Crippen MR) is 57.0 cm³/mol. The largest absolute Gasteiger partial charge is 0.496 e. The standard InChI is InChI=1S/C12H14O/c1-4-7-11-10(5-2)8-6-9-12(11)13-3/h4-9H,1H2,2-3H3/b10-5-,11-7+. The van der Waals surface area contributed by atoms with Crippen molar-refractivity contribution in [1.29, 1.82) is 0 Å². The molecule has 0 aromatic heterocycles. The molecule has 1 nitrogen and oxygen atoms in total. The molecule has 0 saturated heterocycles. The zero-order chi connectivity index (χ0) is 9.68. The van der Waals surface area contributed by atoms with Crippen molar-refractivity contribution in [3.8, 4) is 5.75 Å². The summed E-state index contributed by atoms with van der Waals surface area (Å²) in [7, 11) is 1.68. The maximum atomic E-state index is 5.24. The lowest BCUT2D eigenvalue weighted by atomic mass is 10.2. The highest BCUT2D eigenvalue weighted by molar-refractivity contribution is 5.44. The van der Waals surface area contributed by atoms with Gasteiger partial charge in [0.05, 0.1) is 7.11 Å². The zero-order valence-electron chi connectivity index (χ0n) is 8.08. The molecule has 1 heteroatoms. The highest BCUT2D eigenvalue weighted by Crippen LogP contribution is 1.97. The van der Waals surface area contributed by atoms with Gasteiger partial charge < -0.3 is 4.74 Å². The van der Waals surface area contributed by atoms with Crippen molar-refractivity contribution in [3.05, 3.63) is 41.3 Å². The maximum absolute atomic E-state index is 5.24. The monoisotopic (exact) mass is 174 g/mol. The number of allylic oxidation sites excluding steroid dienone is 1. The predicted octanol–water partition coefficient (Wildman–Crippen LogP) is 1.46. The van der Waals surface area contributed by atoms with Gasteiger partial charge in [-0.3, -0.25) is 0 Å². The first-order valence-electron chi connectivity index (χ1n) is 4.25. The quantitative estimate of drug-likeness (QED) is 0.659. The normalized spacial score (nSPS) is 13.1. The summed E-state index contributed by atoms with van der Waals surface area (Å²) < 4.78 is 5.24. The lowest BCUT2D eigenvalue weighted by Gasteiger charge is -2.00. The second-order valence-corrected chi connectivity index (χ2v) is 2.65. The second kappa shape index (κ2) is 4.51. The van der Waals surface area contributed by atoms with Crippen molar-refractivity contribution >= 4 is 12.2 Å². The zero-order valence-corrected chi connectivity index (χ0v) is 8.08. The van der Waals surface area contributed by atoms with Crippen molar-refractivity contribution in [2.75, 3.05) is 7.11 Å². The fraction of sp³-hybridized carbons (Fsp3) is 0.167. The van der Waals surface area contributed by atoms with Crippen molar-refractivity contribution in [2.24, 2.45) is 0 Å². The Morgan fingerprint density at radius 3 is 2.69 bits per heavy atom. The van der Waals surface area contributed by atoms with Crippen LogP contribution in [0.1, 0.15) is 6.92 Å². The van der Waals surface area contributed by atoms with E-state index in [4.69, 9.17) is 4.74 Å². The van der Waals surface area contributed by atoms with Crippen molar-refractivity contribution < 1.29 is 4.74 Å². The molecule has 0 aliphatic heterocycles. The Morgan fingerprint density at radius 2 is 2.15 bits per heavy atom. The molecular weight excluding hydrogens is 160 g/mol. The molecule has 13 heavy (non-hydrogen) atoms. The summed E-state index contributed by atoms with van der Waals surface area (Å²) >= 11 is 0. The molecule has 0 saturated carbocycles. The number of methoxy groups -OCH3 is 1. The molecular formula is C12H14O. The van der Waals surface area contributed by atoms with Crippen molar-refractivity contribution in [2.45, 2.75) is 6.92 Å². The Hall–Kier alpha value is -1.50. The van der Waals surface area contributed by atoms with Gasteiger partial charge in [0.25, 0.3) is 0 Å². The molecule has 0 aliphatic carbocycles. The van der Waals surface area contributed by atoms with Crippen molar-refractivity contribution in [1.82, 2.24) is 0 Å². The SMILES string of the molecule is C=C/C=c1/c(OC)ccc/c1=C/C. The summed E-state index contributed by atoms with van der Waals surface area (Å²) in [5.41, 5.74) is 0. The van der Waals surface area contributed by atoms with E-state index in [1.807, 2.05) is 25.1 Å². The van der Waals surface area contributed by atoms with Gasteiger partial charge in [-0.1, -0.05) is 36.9 Å². The van der Waals surface area contributed by atoms with Crippen LogP contribution in [0.15, 0.2) is 30.9 Å². The average Bonchev–Trinajstić information content (AvgIpc) is 2.18. The highest BCUT2D eigenvalue weighted by Gasteiger charge is 1.92. The lowest BCUT2D eigenvalue weighted by molar-refractivity contribution is 0.411. The van der Waals surface area contributed by atoms with E-state index in [2.05, 4.69) is 18.7 Å². The van der Waals surface area contributed by atoms with E-state index in [9.17, 15) is 0 Å². The van der Waals surface area contributed by atoms with Gasteiger partial charge in [0.15, 0.2) is 0 Å². The molecule has 68 valence electrons. The Bertz CT molecular complexity index is 402. The minimum Gasteiger partial charge on any atom is -0.496 e. The number of ether oxygens (including phenoxy) is 1. The van der Waals surface area contributed by atoms with Crippen LogP contribution in [-0.4, -0.2) is 7.11 Å². The van der Waals surface area contributed by atoms with Crippen LogP contribution in [0, 0.1) is 0 Å². The van der Waals surface area contributed by atoms with E-state index >= 15 is 0 Å². The number of hydrogen-bond acceptors (Lipinski definition) is 1. The minimum atomic E-state index is 0.885. The number of hydrogen-bond donors (Lipinski definition) is 0. The van der Waals surface area contributed by atoms with Gasteiger partial charge in [0, 0.05) is 5.22 Å². The molecule has 0 bridgehead atoms. The Morgan fingerprint density at radius 1 is 1.38 bits per heavy atom. The summed E-state index contributed by atoms with van der Waals surface area (Å²) in [6.07, 6.45) is 5.77. The van der Waals surface area contributed by atoms with Gasteiger partial charge >= 0.3 is 0 Å². The Kier molecular flexibility index (Phi) is 3.32. The fourth-order valence-corrected chi connectivity index (χ4v) is 1.29. The van der Waals surface area contributed by atoms with Crippen LogP contribution >= 0.6 is 0 Å². The summed E-state index contributed by atoms with van der Waals surface area (Å²) in [6.45, 7) is 5.69. The first-order chi connectivity index (χ1) is 6.33. The number of rotatable bonds is 2. The molecule has 0 N–H and O–H groups in total. The van der Waals surface area contributed by atoms with E-state index in [-0.39, 0.29) is 0 Å². The first-order valence-corrected chi connectivity index (χ1v) is 4.25. The third-order valence-corrected chi connectivity index (χ3v) is 1.92. The molecule has 0 amide bonds. The Balaban J connectivity index is 3.58. The third-order valence-electron chi connectivity index (χ3n) is 1.92. The van der Waals surface area contributed by atoms with Crippen molar-refractivity contribution in [3.63, 3.8) is 0 Å². The van der Waals surface area contributed by atoms with E-state index in [0.29, 0.717) is 0 Å². The smallest absolute Gasteiger partial charge is 0.126 e. The molecule has 1 rings (SSSR count). The van der Waals surface area contributed by atoms with E-state index in [1.54, 1.807) is 13.2 Å². The van der Waals surface area contributed by atoms with Crippen LogP contribution < -0.4 is 15.2 Å². The van der Waals surface area contributed by atoms with Crippen LogP contribution in [-0.2, 0) is 0 Å². The number of benzene rings is 1. The molecule has 1 aromatic carbocycles. The lowest BCUT2D eigenvalue weighted by Crippen LogP contribution is -2.25. The fourth-order valence-electron chi connectivity index (χ4n) is 1.29. The first kappa shape index (κ1) is 9.59. The van der Waals surface area contributed by atoms with Crippen LogP contribution in [0.2, 0.25) is 0 Å². The molecule has 0 heterocycles. The molecule has 0 unspecified atom stereocenters. The van der Waals surface area contributed by atoms with E-state index < -0.39 is 0 Å². The van der Waals surface area contributed by atoms with E-state index in [1.165, 1.54) is 5.22 Å². The second-order valence-electron chi connectivity index (χ2n) is 2.65. The molecule has 0 atom stereocenters. The van der Waals surface area contributed by atoms with E-state index in [0.717, 1.165) is 11.0 Å². The summed E-state index contributed by atoms with van der Waals surface area (Å²) in [5.74, 6) is 0.885. The van der Waals surface area contributed by atoms with Gasteiger partial charge in [-0.15, -0.1) is 0 Å². The van der Waals surface area contributed by atoms with Gasteiger partial charge in [-0.05, 0) is 18.2 Å². The topological polar surface area (TPSA) is 9.23 Å². The Labute approximate surface area is 78.7 Å². The van der Waals surface area contributed by atoms with Gasteiger partial charge in [0.2, 0.25) is 0 Å². The van der Waals surface area contributed by atoms with Crippen LogP contribution in [0.5, 0.6) is 5.75 Å². The molecule has 0 fully saturated rings. The summed E-state index contributed by atoms with van der Waals surface area (Å²) in [5, 5.41) is 2.25. The maximum Gasteiger partial charge on any atom is 0.126 e. The molecule has 1 aromatic rings. The summed E-state index contributed by atoms with van der Waals surface area (Å²) in [6, 6.07) is 5.98. The minimum absolute atomic E-state index is 0.885. The highest BCUT2D eigenvalue weighted by atomic mass is 16.5. The molecule has 0 radical (unpaired) electrons. The molecule has 0 aliphatic rings. The van der Waals surface area contributed by atoms with Gasteiger partial charge in [0.1, 0.15) is 5.75 Å². The molecule has 0 spiro atoms. The van der Waals surface area contributed by atoms with Crippen LogP contribution in [0.25, 0.3) is 12.2 Å².